The Morgan fingerprint density at radius 3 is 3.00 bits per heavy atom. The van der Waals surface area contributed by atoms with E-state index in [4.69, 9.17) is 17.3 Å². The number of hydrazine groups is 3. The van der Waals surface area contributed by atoms with Gasteiger partial charge in [-0.05, 0) is 31.6 Å². The number of hydrogen-bond donors (Lipinski definition) is 5. The van der Waals surface area contributed by atoms with Gasteiger partial charge in [0.25, 0.3) is 0 Å². The predicted octanol–water partition coefficient (Wildman–Crippen LogP) is -1.69. The van der Waals surface area contributed by atoms with Crippen LogP contribution in [0.15, 0.2) is 0 Å². The molecule has 5 N–H and O–H groups in total. The lowest BCUT2D eigenvalue weighted by atomic mass is 9.99. The summed E-state index contributed by atoms with van der Waals surface area (Å²) in [7, 11) is 0. The Kier molecular flexibility index (Phi) is 3.00. The van der Waals surface area contributed by atoms with Gasteiger partial charge in [-0.2, -0.15) is 5.53 Å². The maximum Gasteiger partial charge on any atom is 0.320 e. The molecule has 0 aromatic carbocycles. The molecule has 2 atom stereocenters. The van der Waals surface area contributed by atoms with Crippen molar-refractivity contribution in [2.75, 3.05) is 6.54 Å². The third-order valence-electron chi connectivity index (χ3n) is 2.60. The van der Waals surface area contributed by atoms with Crippen molar-refractivity contribution in [3.8, 4) is 0 Å². The van der Waals surface area contributed by atoms with Crippen LogP contribution in [0.5, 0.6) is 0 Å². The minimum absolute atomic E-state index is 0.0994. The second-order valence-corrected chi connectivity index (χ2v) is 3.95. The maximum absolute atomic E-state index is 10.8. The zero-order chi connectivity index (χ0) is 10.8. The molecule has 0 aromatic heterocycles. The second-order valence-electron chi connectivity index (χ2n) is 3.56. The van der Waals surface area contributed by atoms with Crippen LogP contribution in [0.25, 0.3) is 0 Å². The van der Waals surface area contributed by atoms with E-state index in [1.807, 2.05) is 0 Å². The molecule has 2 heterocycles. The highest BCUT2D eigenvalue weighted by Crippen LogP contribution is 2.15. The summed E-state index contributed by atoms with van der Waals surface area (Å²) in [6.07, 6.45) is 1.39. The first-order valence-corrected chi connectivity index (χ1v) is 5.15. The molecule has 0 spiro atoms. The van der Waals surface area contributed by atoms with Crippen molar-refractivity contribution >= 4 is 23.3 Å². The molecule has 0 aromatic rings. The van der Waals surface area contributed by atoms with Crippen LogP contribution in [0.3, 0.4) is 0 Å². The van der Waals surface area contributed by atoms with E-state index >= 15 is 0 Å². The molecule has 7 nitrogen and oxygen atoms in total. The van der Waals surface area contributed by atoms with Crippen molar-refractivity contribution in [3.05, 3.63) is 0 Å². The SMILES string of the molecule is O=C(O)C1CC(N2NNNC2=S)CCN1. The smallest absolute Gasteiger partial charge is 0.320 e. The minimum atomic E-state index is -0.814. The number of thiocarbonyl (C=S) groups is 1. The van der Waals surface area contributed by atoms with E-state index in [9.17, 15) is 4.79 Å². The van der Waals surface area contributed by atoms with E-state index in [2.05, 4.69) is 21.8 Å². The van der Waals surface area contributed by atoms with E-state index in [1.165, 1.54) is 0 Å². The van der Waals surface area contributed by atoms with E-state index in [0.717, 1.165) is 6.42 Å². The van der Waals surface area contributed by atoms with Crippen LogP contribution < -0.4 is 21.8 Å². The van der Waals surface area contributed by atoms with Crippen LogP contribution in [0.4, 0.5) is 0 Å². The molecule has 2 aliphatic heterocycles. The molecular formula is C7H13N5O2S. The highest BCUT2D eigenvalue weighted by Gasteiger charge is 2.33. The third kappa shape index (κ3) is 2.17. The molecule has 0 saturated carbocycles. The molecule has 15 heavy (non-hydrogen) atoms. The van der Waals surface area contributed by atoms with Crippen molar-refractivity contribution in [3.63, 3.8) is 0 Å². The Balaban J connectivity index is 1.97. The molecule has 0 radical (unpaired) electrons. The standard InChI is InChI=1S/C7H13N5O2S/c13-6(14)5-3-4(1-2-8-5)12-7(15)9-10-11-12/h4-5,8,10-11H,1-3H2,(H,9,15)(H,13,14). The lowest BCUT2D eigenvalue weighted by Gasteiger charge is -2.33. The van der Waals surface area contributed by atoms with Crippen LogP contribution in [0, 0.1) is 0 Å². The zero-order valence-electron chi connectivity index (χ0n) is 7.99. The van der Waals surface area contributed by atoms with Gasteiger partial charge in [0.1, 0.15) is 6.04 Å². The molecule has 0 amide bonds. The van der Waals surface area contributed by atoms with E-state index < -0.39 is 12.0 Å². The van der Waals surface area contributed by atoms with Gasteiger partial charge in [-0.3, -0.25) is 15.2 Å². The number of piperidine rings is 1. The van der Waals surface area contributed by atoms with Crippen molar-refractivity contribution in [2.45, 2.75) is 24.9 Å². The van der Waals surface area contributed by atoms with Gasteiger partial charge in [0.05, 0.1) is 6.04 Å². The number of hydrogen-bond acceptors (Lipinski definition) is 5. The summed E-state index contributed by atoms with van der Waals surface area (Å²) in [4.78, 5) is 10.8. The summed E-state index contributed by atoms with van der Waals surface area (Å²) in [6, 6.07) is -0.392. The Morgan fingerprint density at radius 1 is 1.60 bits per heavy atom. The molecule has 2 aliphatic rings. The quantitative estimate of drug-likeness (QED) is 0.360. The van der Waals surface area contributed by atoms with E-state index in [0.29, 0.717) is 18.1 Å². The van der Waals surface area contributed by atoms with Crippen molar-refractivity contribution in [1.82, 2.24) is 26.8 Å². The summed E-state index contributed by atoms with van der Waals surface area (Å²) in [5, 5.41) is 14.2. The third-order valence-corrected chi connectivity index (χ3v) is 2.90. The van der Waals surface area contributed by atoms with Crippen LogP contribution >= 0.6 is 12.2 Å². The maximum atomic E-state index is 10.8. The summed E-state index contributed by atoms with van der Waals surface area (Å²) in [5.74, 6) is -0.814. The molecule has 2 saturated heterocycles. The summed E-state index contributed by atoms with van der Waals surface area (Å²) in [5.41, 5.74) is 8.27. The fourth-order valence-electron chi connectivity index (χ4n) is 1.83. The van der Waals surface area contributed by atoms with Gasteiger partial charge in [0, 0.05) is 0 Å². The van der Waals surface area contributed by atoms with Gasteiger partial charge < -0.3 is 10.4 Å². The van der Waals surface area contributed by atoms with Crippen LogP contribution in [0.2, 0.25) is 0 Å². The summed E-state index contributed by atoms with van der Waals surface area (Å²) >= 11 is 5.05. The molecule has 0 aliphatic carbocycles. The van der Waals surface area contributed by atoms with Crippen molar-refractivity contribution in [1.29, 1.82) is 0 Å². The largest absolute Gasteiger partial charge is 0.480 e. The predicted molar refractivity (Wildman–Crippen MR) is 56.3 cm³/mol. The van der Waals surface area contributed by atoms with Gasteiger partial charge in [0.2, 0.25) is 5.11 Å². The Hall–Kier alpha value is -0.960. The number of carboxylic acid groups (broad SMARTS) is 1. The molecule has 2 fully saturated rings. The minimum Gasteiger partial charge on any atom is -0.480 e. The Labute approximate surface area is 92.1 Å². The first-order valence-electron chi connectivity index (χ1n) is 4.74. The lowest BCUT2D eigenvalue weighted by Crippen LogP contribution is -2.54. The van der Waals surface area contributed by atoms with Gasteiger partial charge in [-0.15, -0.1) is 5.53 Å². The van der Waals surface area contributed by atoms with Gasteiger partial charge in [-0.25, -0.2) is 0 Å². The normalized spacial score (nSPS) is 31.5. The number of aliphatic carboxylic acids is 1. The van der Waals surface area contributed by atoms with Crippen molar-refractivity contribution < 1.29 is 9.90 Å². The number of nitrogens with one attached hydrogen (secondary N) is 4. The monoisotopic (exact) mass is 231 g/mol. The summed E-state index contributed by atoms with van der Waals surface area (Å²) in [6.45, 7) is 0.683. The topological polar surface area (TPSA) is 88.7 Å². The second kappa shape index (κ2) is 4.27. The highest BCUT2D eigenvalue weighted by molar-refractivity contribution is 7.80. The fraction of sp³-hybridized carbons (Fsp3) is 0.714. The molecular weight excluding hydrogens is 218 g/mol. The molecule has 84 valence electrons. The first-order chi connectivity index (χ1) is 7.18. The highest BCUT2D eigenvalue weighted by atomic mass is 32.1. The van der Waals surface area contributed by atoms with E-state index in [-0.39, 0.29) is 6.04 Å². The zero-order valence-corrected chi connectivity index (χ0v) is 8.80. The number of nitrogens with zero attached hydrogens (tertiary/aromatic N) is 1. The Bertz CT molecular complexity index is 287. The molecule has 2 unspecified atom stereocenters. The van der Waals surface area contributed by atoms with Gasteiger partial charge >= 0.3 is 5.97 Å². The number of carbonyl (C=O) groups is 1. The number of carboxylic acids is 1. The fourth-order valence-corrected chi connectivity index (χ4v) is 2.08. The average molecular weight is 231 g/mol. The molecule has 8 heteroatoms. The summed E-state index contributed by atoms with van der Waals surface area (Å²) < 4.78 is 0. The van der Waals surface area contributed by atoms with Crippen LogP contribution in [-0.2, 0) is 4.79 Å². The Morgan fingerprint density at radius 2 is 2.40 bits per heavy atom. The van der Waals surface area contributed by atoms with Crippen molar-refractivity contribution in [2.24, 2.45) is 0 Å². The molecule has 2 rings (SSSR count). The molecule has 0 bridgehead atoms. The van der Waals surface area contributed by atoms with Gasteiger partial charge in [-0.1, -0.05) is 0 Å². The van der Waals surface area contributed by atoms with Crippen LogP contribution in [-0.4, -0.2) is 39.8 Å². The average Bonchev–Trinajstić information content (AvgIpc) is 2.64. The first kappa shape index (κ1) is 10.6. The van der Waals surface area contributed by atoms with Crippen LogP contribution in [0.1, 0.15) is 12.8 Å². The lowest BCUT2D eigenvalue weighted by molar-refractivity contribution is -0.140. The van der Waals surface area contributed by atoms with E-state index in [1.54, 1.807) is 5.01 Å². The number of rotatable bonds is 2. The van der Waals surface area contributed by atoms with Gasteiger partial charge in [0.15, 0.2) is 0 Å².